The molecule has 9 nitrogen and oxygen atoms in total. The van der Waals surface area contributed by atoms with E-state index in [9.17, 15) is 24.0 Å². The quantitative estimate of drug-likeness (QED) is 0.430. The van der Waals surface area contributed by atoms with Crippen LogP contribution in [0, 0.1) is 0 Å². The number of esters is 1. The number of fused-ring (bicyclic) bond motifs is 1. The molecule has 26 heavy (non-hydrogen) atoms. The molecule has 1 aliphatic rings. The third kappa shape index (κ3) is 3.07. The van der Waals surface area contributed by atoms with E-state index in [2.05, 4.69) is 20.7 Å². The van der Waals surface area contributed by atoms with Crippen LogP contribution in [0.25, 0.3) is 0 Å². The Bertz CT molecular complexity index is 823. The lowest BCUT2D eigenvalue weighted by Crippen LogP contribution is -2.59. The van der Waals surface area contributed by atoms with Gasteiger partial charge in [-0.2, -0.15) is 0 Å². The number of ether oxygens (including phenoxy) is 2. The predicted molar refractivity (Wildman–Crippen MR) is 90.1 cm³/mol. The summed E-state index contributed by atoms with van der Waals surface area (Å²) in [5.74, 6) is -3.52. The lowest BCUT2D eigenvalue weighted by molar-refractivity contribution is -0.158. The average Bonchev–Trinajstić information content (AvgIpc) is 2.62. The Balaban J connectivity index is 2.68. The van der Waals surface area contributed by atoms with Crippen LogP contribution in [0.15, 0.2) is 22.7 Å². The summed E-state index contributed by atoms with van der Waals surface area (Å²) in [5, 5.41) is 1.90. The van der Waals surface area contributed by atoms with E-state index >= 15 is 0 Å². The van der Waals surface area contributed by atoms with Gasteiger partial charge < -0.3 is 9.47 Å². The number of rotatable bonds is 3. The van der Waals surface area contributed by atoms with E-state index in [1.54, 1.807) is 6.07 Å². The van der Waals surface area contributed by atoms with Crippen LogP contribution in [-0.2, 0) is 29.3 Å². The third-order valence-corrected chi connectivity index (χ3v) is 4.53. The van der Waals surface area contributed by atoms with Gasteiger partial charge in [-0.1, -0.05) is 15.9 Å². The fraction of sp³-hybridized carbons (Fsp3) is 0.312. The summed E-state index contributed by atoms with van der Waals surface area (Å²) >= 11 is 3.22. The second-order valence-electron chi connectivity index (χ2n) is 5.47. The van der Waals surface area contributed by atoms with E-state index in [-0.39, 0.29) is 11.1 Å². The van der Waals surface area contributed by atoms with Gasteiger partial charge in [0.2, 0.25) is 5.91 Å². The number of hydrogen-bond donors (Lipinski definition) is 1. The second-order valence-corrected chi connectivity index (χ2v) is 6.39. The number of imide groups is 2. The van der Waals surface area contributed by atoms with E-state index in [1.165, 1.54) is 19.2 Å². The lowest BCUT2D eigenvalue weighted by atomic mass is 9.71. The first kappa shape index (κ1) is 19.6. The van der Waals surface area contributed by atoms with Gasteiger partial charge in [0.05, 0.1) is 20.6 Å². The Morgan fingerprint density at radius 2 is 1.85 bits per heavy atom. The monoisotopic (exact) mass is 426 g/mol. The highest BCUT2D eigenvalue weighted by molar-refractivity contribution is 9.10. The second kappa shape index (κ2) is 7.24. The minimum Gasteiger partial charge on any atom is -0.468 e. The summed E-state index contributed by atoms with van der Waals surface area (Å²) < 4.78 is 9.60. The van der Waals surface area contributed by atoms with Crippen molar-refractivity contribution in [1.29, 1.82) is 0 Å². The van der Waals surface area contributed by atoms with Crippen LogP contribution in [0.4, 0.5) is 4.79 Å². The van der Waals surface area contributed by atoms with Crippen molar-refractivity contribution in [3.63, 3.8) is 0 Å². The predicted octanol–water partition coefficient (Wildman–Crippen LogP) is 0.745. The number of alkyl carbamates (subject to hydrolysis) is 1. The molecule has 0 aliphatic carbocycles. The molecule has 0 aromatic heterocycles. The molecule has 1 N–H and O–H groups in total. The van der Waals surface area contributed by atoms with Crippen molar-refractivity contribution in [3.05, 3.63) is 33.8 Å². The Labute approximate surface area is 156 Å². The maximum Gasteiger partial charge on any atom is 0.413 e. The number of benzene rings is 1. The summed E-state index contributed by atoms with van der Waals surface area (Å²) in [7, 11) is 3.32. The molecule has 0 saturated carbocycles. The van der Waals surface area contributed by atoms with Gasteiger partial charge in [-0.3, -0.25) is 29.4 Å². The minimum atomic E-state index is -2.12. The molecule has 0 fully saturated rings. The molecule has 138 valence electrons. The summed E-state index contributed by atoms with van der Waals surface area (Å²) in [5.41, 5.74) is -2.02. The van der Waals surface area contributed by atoms with Crippen molar-refractivity contribution < 1.29 is 33.4 Å². The van der Waals surface area contributed by atoms with Gasteiger partial charge in [0.25, 0.3) is 11.8 Å². The molecule has 1 atom stereocenters. The lowest BCUT2D eigenvalue weighted by Gasteiger charge is -2.38. The van der Waals surface area contributed by atoms with E-state index in [4.69, 9.17) is 4.74 Å². The Hall–Kier alpha value is -2.75. The highest BCUT2D eigenvalue weighted by Gasteiger charge is 2.57. The van der Waals surface area contributed by atoms with Crippen LogP contribution in [0.3, 0.4) is 0 Å². The zero-order valence-electron chi connectivity index (χ0n) is 14.1. The minimum absolute atomic E-state index is 0.0202. The van der Waals surface area contributed by atoms with Gasteiger partial charge >= 0.3 is 12.1 Å². The number of nitrogens with zero attached hydrogens (tertiary/aromatic N) is 1. The Morgan fingerprint density at radius 3 is 2.42 bits per heavy atom. The Kier molecular flexibility index (Phi) is 5.45. The van der Waals surface area contributed by atoms with E-state index in [1.807, 2.05) is 5.32 Å². The SMILES string of the molecule is COC(=O)NC(=O)CC1(C(=O)OC)C(=O)N(C)C(=O)c2ccc(Br)cc21. The van der Waals surface area contributed by atoms with Crippen molar-refractivity contribution in [2.75, 3.05) is 21.3 Å². The molecule has 1 aliphatic heterocycles. The molecule has 1 aromatic carbocycles. The third-order valence-electron chi connectivity index (χ3n) is 4.03. The maximum absolute atomic E-state index is 12.9. The molecule has 0 saturated heterocycles. The number of halogens is 1. The number of carbonyl (C=O) groups excluding carboxylic acids is 5. The van der Waals surface area contributed by atoms with Crippen LogP contribution >= 0.6 is 15.9 Å². The summed E-state index contributed by atoms with van der Waals surface area (Å²) in [6.45, 7) is 0. The maximum atomic E-state index is 12.9. The molecular weight excluding hydrogens is 412 g/mol. The van der Waals surface area contributed by atoms with Crippen molar-refractivity contribution in [2.24, 2.45) is 0 Å². The van der Waals surface area contributed by atoms with Gasteiger partial charge in [0, 0.05) is 17.1 Å². The van der Waals surface area contributed by atoms with E-state index in [0.717, 1.165) is 19.1 Å². The van der Waals surface area contributed by atoms with Gasteiger partial charge in [-0.15, -0.1) is 0 Å². The molecule has 0 radical (unpaired) electrons. The van der Waals surface area contributed by atoms with Crippen molar-refractivity contribution >= 4 is 45.7 Å². The molecule has 10 heteroatoms. The van der Waals surface area contributed by atoms with Crippen LogP contribution in [0.2, 0.25) is 0 Å². The number of nitrogens with one attached hydrogen (secondary N) is 1. The highest BCUT2D eigenvalue weighted by atomic mass is 79.9. The fourth-order valence-corrected chi connectivity index (χ4v) is 3.16. The number of hydrogen-bond acceptors (Lipinski definition) is 7. The topological polar surface area (TPSA) is 119 Å². The molecule has 4 amide bonds. The number of likely N-dealkylation sites (N-methyl/N-ethyl adjacent to an activating group) is 1. The zero-order chi connectivity index (χ0) is 19.6. The standard InChI is InChI=1S/C16H15BrN2O7/c1-19-12(21)9-5-4-8(17)6-10(9)16(13(19)22,14(23)25-2)7-11(20)18-15(24)26-3/h4-6H,7H2,1-3H3,(H,18,20,24). The van der Waals surface area contributed by atoms with Crippen molar-refractivity contribution in [1.82, 2.24) is 10.2 Å². The van der Waals surface area contributed by atoms with Gasteiger partial charge in [-0.05, 0) is 23.8 Å². The van der Waals surface area contributed by atoms with Crippen LogP contribution < -0.4 is 5.32 Å². The number of carbonyl (C=O) groups is 5. The summed E-state index contributed by atoms with van der Waals surface area (Å²) in [6, 6.07) is 4.40. The molecule has 1 unspecified atom stereocenters. The molecule has 1 aromatic rings. The van der Waals surface area contributed by atoms with Crippen LogP contribution in [0.5, 0.6) is 0 Å². The Morgan fingerprint density at radius 1 is 1.19 bits per heavy atom. The number of methoxy groups -OCH3 is 2. The van der Waals surface area contributed by atoms with E-state index < -0.39 is 41.6 Å². The smallest absolute Gasteiger partial charge is 0.413 e. The van der Waals surface area contributed by atoms with Crippen molar-refractivity contribution in [2.45, 2.75) is 11.8 Å². The molecule has 1 heterocycles. The molecule has 0 bridgehead atoms. The normalized spacial score (nSPS) is 18.8. The molecule has 2 rings (SSSR count). The largest absolute Gasteiger partial charge is 0.468 e. The first-order chi connectivity index (χ1) is 12.2. The van der Waals surface area contributed by atoms with E-state index in [0.29, 0.717) is 4.47 Å². The zero-order valence-corrected chi connectivity index (χ0v) is 15.7. The van der Waals surface area contributed by atoms with Gasteiger partial charge in [-0.25, -0.2) is 4.79 Å². The van der Waals surface area contributed by atoms with Crippen LogP contribution in [0.1, 0.15) is 22.3 Å². The first-order valence-corrected chi connectivity index (χ1v) is 8.07. The molecular formula is C16H15BrN2O7. The first-order valence-electron chi connectivity index (χ1n) is 7.27. The molecule has 0 spiro atoms. The average molecular weight is 427 g/mol. The fourth-order valence-electron chi connectivity index (χ4n) is 2.79. The highest BCUT2D eigenvalue weighted by Crippen LogP contribution is 2.39. The van der Waals surface area contributed by atoms with Crippen LogP contribution in [-0.4, -0.2) is 56.0 Å². The summed E-state index contributed by atoms with van der Waals surface area (Å²) in [4.78, 5) is 62.2. The summed E-state index contributed by atoms with van der Waals surface area (Å²) in [6.07, 6.45) is -1.79. The van der Waals surface area contributed by atoms with Gasteiger partial charge in [0.1, 0.15) is 0 Å². The number of amides is 4. The van der Waals surface area contributed by atoms with Crippen molar-refractivity contribution in [3.8, 4) is 0 Å². The van der Waals surface area contributed by atoms with Gasteiger partial charge in [0.15, 0.2) is 5.41 Å².